The molecular formula is C13H14BNO3. The molecule has 0 aromatic heterocycles. The molecule has 0 heterocycles. The van der Waals surface area contributed by atoms with Gasteiger partial charge in [-0.3, -0.25) is 0 Å². The Morgan fingerprint density at radius 1 is 1.00 bits per heavy atom. The van der Waals surface area contributed by atoms with E-state index in [0.717, 1.165) is 11.3 Å². The number of nitrogen functional groups attached to an aromatic ring is 1. The first kappa shape index (κ1) is 12.5. The van der Waals surface area contributed by atoms with Gasteiger partial charge in [0.2, 0.25) is 0 Å². The van der Waals surface area contributed by atoms with Gasteiger partial charge in [0.1, 0.15) is 11.5 Å². The molecule has 0 fully saturated rings. The van der Waals surface area contributed by atoms with Crippen LogP contribution in [0.3, 0.4) is 0 Å². The van der Waals surface area contributed by atoms with Crippen LogP contribution in [-0.4, -0.2) is 17.2 Å². The maximum atomic E-state index is 8.97. The van der Waals surface area contributed by atoms with E-state index in [1.54, 1.807) is 36.4 Å². The van der Waals surface area contributed by atoms with Crippen molar-refractivity contribution in [3.05, 3.63) is 48.0 Å². The number of nitrogens with two attached hydrogens (primary N) is 1. The first-order valence-corrected chi connectivity index (χ1v) is 5.56. The molecule has 4 nitrogen and oxygen atoms in total. The average Bonchev–Trinajstić information content (AvgIpc) is 2.34. The van der Waals surface area contributed by atoms with Gasteiger partial charge in [-0.25, -0.2) is 0 Å². The third-order valence-corrected chi connectivity index (χ3v) is 2.66. The molecule has 0 saturated heterocycles. The van der Waals surface area contributed by atoms with Crippen LogP contribution in [0.1, 0.15) is 5.56 Å². The Labute approximate surface area is 106 Å². The van der Waals surface area contributed by atoms with E-state index in [9.17, 15) is 0 Å². The summed E-state index contributed by atoms with van der Waals surface area (Å²) in [5.41, 5.74) is 7.83. The molecule has 5 heteroatoms. The first-order chi connectivity index (χ1) is 8.56. The van der Waals surface area contributed by atoms with Gasteiger partial charge in [0.05, 0.1) is 0 Å². The molecule has 0 saturated carbocycles. The summed E-state index contributed by atoms with van der Waals surface area (Å²) in [7, 11) is -1.46. The highest BCUT2D eigenvalue weighted by molar-refractivity contribution is 6.58. The smallest absolute Gasteiger partial charge is 0.457 e. The van der Waals surface area contributed by atoms with Crippen LogP contribution in [0.5, 0.6) is 11.5 Å². The maximum absolute atomic E-state index is 8.97. The Hall–Kier alpha value is -1.98. The second-order valence-electron chi connectivity index (χ2n) is 4.06. The lowest BCUT2D eigenvalue weighted by Crippen LogP contribution is -2.29. The summed E-state index contributed by atoms with van der Waals surface area (Å²) in [6, 6.07) is 12.0. The number of aryl methyl sites for hydroxylation is 1. The van der Waals surface area contributed by atoms with E-state index in [2.05, 4.69) is 0 Å². The Morgan fingerprint density at radius 3 is 2.17 bits per heavy atom. The predicted molar refractivity (Wildman–Crippen MR) is 71.9 cm³/mol. The molecule has 2 aromatic rings. The zero-order valence-corrected chi connectivity index (χ0v) is 10.00. The largest absolute Gasteiger partial charge is 0.488 e. The lowest BCUT2D eigenvalue weighted by atomic mass is 9.80. The number of rotatable bonds is 3. The van der Waals surface area contributed by atoms with Crippen LogP contribution in [0.15, 0.2) is 42.5 Å². The molecule has 0 aliphatic carbocycles. The molecule has 0 radical (unpaired) electrons. The lowest BCUT2D eigenvalue weighted by molar-refractivity contribution is 0.425. The van der Waals surface area contributed by atoms with Crippen molar-refractivity contribution >= 4 is 18.3 Å². The standard InChI is InChI=1S/C13H14BNO3/c1-9-8-12(6-7-13(9)15)18-11-4-2-10(3-5-11)14(16)17/h2-8,16-17H,15H2,1H3. The van der Waals surface area contributed by atoms with Gasteiger partial charge in [-0.15, -0.1) is 0 Å². The maximum Gasteiger partial charge on any atom is 0.488 e. The first-order valence-electron chi connectivity index (χ1n) is 5.56. The number of benzene rings is 2. The highest BCUT2D eigenvalue weighted by Gasteiger charge is 2.10. The number of ether oxygens (including phenoxy) is 1. The molecular weight excluding hydrogens is 229 g/mol. The van der Waals surface area contributed by atoms with E-state index in [1.165, 1.54) is 0 Å². The minimum atomic E-state index is -1.46. The molecule has 2 aromatic carbocycles. The topological polar surface area (TPSA) is 75.7 Å². The van der Waals surface area contributed by atoms with Crippen LogP contribution in [0, 0.1) is 6.92 Å². The number of hydrogen-bond donors (Lipinski definition) is 3. The molecule has 18 heavy (non-hydrogen) atoms. The molecule has 0 bridgehead atoms. The van der Waals surface area contributed by atoms with Crippen molar-refractivity contribution in [3.8, 4) is 11.5 Å². The summed E-state index contributed by atoms with van der Waals surface area (Å²) < 4.78 is 5.63. The highest BCUT2D eigenvalue weighted by Crippen LogP contribution is 2.24. The van der Waals surface area contributed by atoms with Crippen molar-refractivity contribution in [1.29, 1.82) is 0 Å². The van der Waals surface area contributed by atoms with Crippen LogP contribution < -0.4 is 15.9 Å². The van der Waals surface area contributed by atoms with Crippen molar-refractivity contribution in [2.75, 3.05) is 5.73 Å². The highest BCUT2D eigenvalue weighted by atomic mass is 16.5. The van der Waals surface area contributed by atoms with E-state index < -0.39 is 7.12 Å². The van der Waals surface area contributed by atoms with Crippen LogP contribution in [0.25, 0.3) is 0 Å². The minimum Gasteiger partial charge on any atom is -0.457 e. The normalized spacial score (nSPS) is 10.2. The number of hydrogen-bond acceptors (Lipinski definition) is 4. The third-order valence-electron chi connectivity index (χ3n) is 2.66. The second kappa shape index (κ2) is 5.12. The minimum absolute atomic E-state index is 0.427. The fourth-order valence-electron chi connectivity index (χ4n) is 1.56. The Balaban J connectivity index is 2.15. The fraction of sp³-hybridized carbons (Fsp3) is 0.0769. The molecule has 0 unspecified atom stereocenters. The summed E-state index contributed by atoms with van der Waals surface area (Å²) >= 11 is 0. The van der Waals surface area contributed by atoms with Crippen molar-refractivity contribution in [2.24, 2.45) is 0 Å². The zero-order valence-electron chi connectivity index (χ0n) is 10.00. The van der Waals surface area contributed by atoms with E-state index >= 15 is 0 Å². The SMILES string of the molecule is Cc1cc(Oc2ccc(B(O)O)cc2)ccc1N. The molecule has 0 aliphatic rings. The van der Waals surface area contributed by atoms with Crippen LogP contribution in [0.2, 0.25) is 0 Å². The van der Waals surface area contributed by atoms with E-state index in [4.69, 9.17) is 20.5 Å². The van der Waals surface area contributed by atoms with E-state index in [0.29, 0.717) is 17.0 Å². The summed E-state index contributed by atoms with van der Waals surface area (Å²) in [5.74, 6) is 1.32. The zero-order chi connectivity index (χ0) is 13.1. The molecule has 2 rings (SSSR count). The molecule has 0 spiro atoms. The van der Waals surface area contributed by atoms with Gasteiger partial charge in [-0.05, 0) is 48.3 Å². The van der Waals surface area contributed by atoms with Crippen LogP contribution in [-0.2, 0) is 0 Å². The van der Waals surface area contributed by atoms with Gasteiger partial charge in [-0.1, -0.05) is 12.1 Å². The van der Waals surface area contributed by atoms with Gasteiger partial charge < -0.3 is 20.5 Å². The fourth-order valence-corrected chi connectivity index (χ4v) is 1.56. The number of anilines is 1. The quantitative estimate of drug-likeness (QED) is 0.556. The Kier molecular flexibility index (Phi) is 3.55. The summed E-state index contributed by atoms with van der Waals surface area (Å²) in [6.07, 6.45) is 0. The molecule has 0 aliphatic heterocycles. The average molecular weight is 243 g/mol. The van der Waals surface area contributed by atoms with Crippen LogP contribution >= 0.6 is 0 Å². The van der Waals surface area contributed by atoms with Crippen molar-refractivity contribution in [1.82, 2.24) is 0 Å². The van der Waals surface area contributed by atoms with Gasteiger partial charge in [-0.2, -0.15) is 0 Å². The summed E-state index contributed by atoms with van der Waals surface area (Å²) in [4.78, 5) is 0. The van der Waals surface area contributed by atoms with Crippen molar-refractivity contribution in [3.63, 3.8) is 0 Å². The van der Waals surface area contributed by atoms with Gasteiger partial charge in [0.15, 0.2) is 0 Å². The van der Waals surface area contributed by atoms with Crippen molar-refractivity contribution in [2.45, 2.75) is 6.92 Å². The second-order valence-corrected chi connectivity index (χ2v) is 4.06. The molecule has 4 N–H and O–H groups in total. The molecule has 0 atom stereocenters. The van der Waals surface area contributed by atoms with Crippen LogP contribution in [0.4, 0.5) is 5.69 Å². The van der Waals surface area contributed by atoms with E-state index in [1.807, 2.05) is 13.0 Å². The predicted octanol–water partition coefficient (Wildman–Crippen LogP) is 1.05. The van der Waals surface area contributed by atoms with E-state index in [-0.39, 0.29) is 0 Å². The van der Waals surface area contributed by atoms with Crippen molar-refractivity contribution < 1.29 is 14.8 Å². The monoisotopic (exact) mass is 243 g/mol. The third kappa shape index (κ3) is 2.82. The Bertz CT molecular complexity index is 540. The Morgan fingerprint density at radius 2 is 1.61 bits per heavy atom. The van der Waals surface area contributed by atoms with Gasteiger partial charge >= 0.3 is 7.12 Å². The molecule has 0 amide bonds. The van der Waals surface area contributed by atoms with Gasteiger partial charge in [0, 0.05) is 5.69 Å². The summed E-state index contributed by atoms with van der Waals surface area (Å²) in [6.45, 7) is 1.91. The van der Waals surface area contributed by atoms with Gasteiger partial charge in [0.25, 0.3) is 0 Å². The molecule has 92 valence electrons. The summed E-state index contributed by atoms with van der Waals surface area (Å²) in [5, 5.41) is 17.9. The lowest BCUT2D eigenvalue weighted by Gasteiger charge is -2.08.